The van der Waals surface area contributed by atoms with E-state index in [1.165, 1.54) is 33.5 Å². The summed E-state index contributed by atoms with van der Waals surface area (Å²) in [5.41, 5.74) is 8.44. The molecule has 2 aromatic carbocycles. The molecule has 158 valence electrons. The molecule has 1 atom stereocenters. The molecule has 1 unspecified atom stereocenters. The van der Waals surface area contributed by atoms with E-state index in [0.717, 1.165) is 23.6 Å². The summed E-state index contributed by atoms with van der Waals surface area (Å²) in [5.74, 6) is 0.0429. The molecule has 2 heterocycles. The fourth-order valence-electron chi connectivity index (χ4n) is 3.62. The summed E-state index contributed by atoms with van der Waals surface area (Å²) in [7, 11) is 0. The van der Waals surface area contributed by atoms with Gasteiger partial charge in [-0.05, 0) is 55.0 Å². The van der Waals surface area contributed by atoms with Crippen molar-refractivity contribution in [1.29, 1.82) is 0 Å². The lowest BCUT2D eigenvalue weighted by Crippen LogP contribution is -2.27. The van der Waals surface area contributed by atoms with Gasteiger partial charge in [0.1, 0.15) is 5.03 Å². The molecule has 0 aromatic heterocycles. The number of hydrazone groups is 2. The first kappa shape index (κ1) is 21.1. The molecule has 0 radical (unpaired) electrons. The molecule has 0 bridgehead atoms. The predicted octanol–water partition coefficient (Wildman–Crippen LogP) is 6.03. The summed E-state index contributed by atoms with van der Waals surface area (Å²) in [6.07, 6.45) is 4.25. The lowest BCUT2D eigenvalue weighted by molar-refractivity contribution is -0.121. The van der Waals surface area contributed by atoms with Gasteiger partial charge in [0.05, 0.1) is 11.4 Å². The quantitative estimate of drug-likeness (QED) is 0.570. The van der Waals surface area contributed by atoms with Crippen LogP contribution < -0.4 is 5.43 Å². The maximum absolute atomic E-state index is 13.1. The molecule has 1 N–H and O–H groups in total. The monoisotopic (exact) mass is 430 g/mol. The van der Waals surface area contributed by atoms with Crippen LogP contribution in [0, 0.1) is 12.8 Å². The summed E-state index contributed by atoms with van der Waals surface area (Å²) in [5, 5.41) is 13.3. The third kappa shape index (κ3) is 4.64. The van der Waals surface area contributed by atoms with Crippen molar-refractivity contribution < 1.29 is 4.79 Å². The van der Waals surface area contributed by atoms with Crippen molar-refractivity contribution in [3.63, 3.8) is 0 Å². The molecule has 2 aliphatic heterocycles. The third-order valence-corrected chi connectivity index (χ3v) is 6.22. The molecular formula is C25H26N4OS. The molecule has 2 aromatic rings. The zero-order valence-electron chi connectivity index (χ0n) is 18.0. The third-order valence-electron chi connectivity index (χ3n) is 5.30. The molecule has 31 heavy (non-hydrogen) atoms. The molecular weight excluding hydrogens is 404 g/mol. The van der Waals surface area contributed by atoms with Gasteiger partial charge in [-0.3, -0.25) is 10.2 Å². The SMILES string of the molecule is CCCC1C=C(N2N=C(C)/C(=N/Nc3ccc(C)cc3)C2=O)SC=C1c1ccccc1. The summed E-state index contributed by atoms with van der Waals surface area (Å²) in [6, 6.07) is 18.3. The first-order valence-corrected chi connectivity index (χ1v) is 11.4. The highest BCUT2D eigenvalue weighted by atomic mass is 32.2. The number of hydrogen-bond donors (Lipinski definition) is 1. The van der Waals surface area contributed by atoms with Crippen molar-refractivity contribution in [2.45, 2.75) is 33.6 Å². The van der Waals surface area contributed by atoms with Gasteiger partial charge in [-0.2, -0.15) is 15.2 Å². The van der Waals surface area contributed by atoms with Crippen LogP contribution in [-0.4, -0.2) is 22.3 Å². The number of thioether (sulfide) groups is 1. The number of nitrogens with zero attached hydrogens (tertiary/aromatic N) is 3. The second-order valence-electron chi connectivity index (χ2n) is 7.70. The average molecular weight is 431 g/mol. The van der Waals surface area contributed by atoms with Crippen molar-refractivity contribution in [2.24, 2.45) is 16.1 Å². The largest absolute Gasteiger partial charge is 0.301 e. The number of anilines is 1. The van der Waals surface area contributed by atoms with Gasteiger partial charge in [0.2, 0.25) is 0 Å². The number of carbonyl (C=O) groups is 1. The van der Waals surface area contributed by atoms with Gasteiger partial charge in [0.15, 0.2) is 5.71 Å². The number of allylic oxidation sites excluding steroid dienone is 2. The number of aryl methyl sites for hydroxylation is 1. The molecule has 0 spiro atoms. The highest BCUT2D eigenvalue weighted by Crippen LogP contribution is 2.40. The molecule has 1 amide bonds. The highest BCUT2D eigenvalue weighted by molar-refractivity contribution is 8.06. The van der Waals surface area contributed by atoms with Crippen LogP contribution in [-0.2, 0) is 4.79 Å². The van der Waals surface area contributed by atoms with Crippen LogP contribution in [0.5, 0.6) is 0 Å². The molecule has 0 aliphatic carbocycles. The van der Waals surface area contributed by atoms with E-state index in [0.29, 0.717) is 11.4 Å². The van der Waals surface area contributed by atoms with Gasteiger partial charge in [-0.1, -0.05) is 73.1 Å². The van der Waals surface area contributed by atoms with Crippen molar-refractivity contribution >= 4 is 40.4 Å². The van der Waals surface area contributed by atoms with E-state index >= 15 is 0 Å². The second kappa shape index (κ2) is 9.35. The number of hydrogen-bond acceptors (Lipinski definition) is 5. The lowest BCUT2D eigenvalue weighted by atomic mass is 9.90. The van der Waals surface area contributed by atoms with Crippen LogP contribution >= 0.6 is 11.8 Å². The van der Waals surface area contributed by atoms with Crippen molar-refractivity contribution in [1.82, 2.24) is 5.01 Å². The molecule has 2 aliphatic rings. The second-order valence-corrected chi connectivity index (χ2v) is 8.59. The lowest BCUT2D eigenvalue weighted by Gasteiger charge is -2.25. The standard InChI is InChI=1S/C25H26N4OS/c1-4-8-20-15-23(31-16-22(20)19-9-6-5-7-10-19)29-25(30)24(18(3)28-29)27-26-21-13-11-17(2)12-14-21/h5-7,9-16,20,26H,4,8H2,1-3H3/b27-24-. The van der Waals surface area contributed by atoms with Crippen LogP contribution in [0.25, 0.3) is 5.57 Å². The molecule has 0 fully saturated rings. The van der Waals surface area contributed by atoms with Gasteiger partial charge in [0, 0.05) is 5.92 Å². The Labute approximate surface area is 187 Å². The molecule has 4 rings (SSSR count). The average Bonchev–Trinajstić information content (AvgIpc) is 3.07. The van der Waals surface area contributed by atoms with Crippen LogP contribution in [0.1, 0.15) is 37.8 Å². The first-order valence-electron chi connectivity index (χ1n) is 10.5. The molecule has 5 nitrogen and oxygen atoms in total. The Balaban J connectivity index is 1.53. The molecule has 0 saturated heterocycles. The molecule has 0 saturated carbocycles. The Morgan fingerprint density at radius 2 is 1.84 bits per heavy atom. The van der Waals surface area contributed by atoms with Gasteiger partial charge in [-0.15, -0.1) is 0 Å². The van der Waals surface area contributed by atoms with Gasteiger partial charge in [-0.25, -0.2) is 0 Å². The molecule has 6 heteroatoms. The van der Waals surface area contributed by atoms with Crippen LogP contribution in [0.2, 0.25) is 0 Å². The Kier molecular flexibility index (Phi) is 6.37. The van der Waals surface area contributed by atoms with Gasteiger partial charge < -0.3 is 0 Å². The minimum atomic E-state index is -0.206. The van der Waals surface area contributed by atoms with E-state index in [9.17, 15) is 4.79 Å². The van der Waals surface area contributed by atoms with Crippen molar-refractivity contribution in [3.05, 3.63) is 82.2 Å². The summed E-state index contributed by atoms with van der Waals surface area (Å²) >= 11 is 1.54. The van der Waals surface area contributed by atoms with E-state index < -0.39 is 0 Å². The first-order chi connectivity index (χ1) is 15.1. The summed E-state index contributed by atoms with van der Waals surface area (Å²) < 4.78 is 0. The minimum absolute atomic E-state index is 0.206. The fourth-order valence-corrected chi connectivity index (χ4v) is 4.64. The normalized spacial score (nSPS) is 19.9. The maximum Gasteiger partial charge on any atom is 0.301 e. The number of nitrogens with one attached hydrogen (secondary N) is 1. The smallest absolute Gasteiger partial charge is 0.278 e. The van der Waals surface area contributed by atoms with E-state index in [4.69, 9.17) is 0 Å². The summed E-state index contributed by atoms with van der Waals surface area (Å²) in [6.45, 7) is 6.03. The number of benzene rings is 2. The zero-order chi connectivity index (χ0) is 21.8. The van der Waals surface area contributed by atoms with E-state index in [-0.39, 0.29) is 11.8 Å². The summed E-state index contributed by atoms with van der Waals surface area (Å²) in [4.78, 5) is 13.1. The topological polar surface area (TPSA) is 57.1 Å². The van der Waals surface area contributed by atoms with E-state index in [1.54, 1.807) is 0 Å². The highest BCUT2D eigenvalue weighted by Gasteiger charge is 2.34. The maximum atomic E-state index is 13.1. The number of amides is 1. The van der Waals surface area contributed by atoms with Gasteiger partial charge >= 0.3 is 5.91 Å². The Morgan fingerprint density at radius 3 is 2.55 bits per heavy atom. The van der Waals surface area contributed by atoms with Crippen molar-refractivity contribution in [3.8, 4) is 0 Å². The predicted molar refractivity (Wildman–Crippen MR) is 131 cm³/mol. The minimum Gasteiger partial charge on any atom is -0.278 e. The number of rotatable bonds is 6. The Bertz CT molecular complexity index is 1080. The number of carbonyl (C=O) groups excluding carboxylic acids is 1. The fraction of sp³-hybridized carbons (Fsp3) is 0.240. The van der Waals surface area contributed by atoms with Crippen LogP contribution in [0.4, 0.5) is 5.69 Å². The van der Waals surface area contributed by atoms with Crippen LogP contribution in [0.15, 0.2) is 81.3 Å². The zero-order valence-corrected chi connectivity index (χ0v) is 18.8. The van der Waals surface area contributed by atoms with E-state index in [1.807, 2.05) is 44.2 Å². The van der Waals surface area contributed by atoms with Gasteiger partial charge in [0.25, 0.3) is 0 Å². The van der Waals surface area contributed by atoms with Crippen LogP contribution in [0.3, 0.4) is 0 Å². The Hall–Kier alpha value is -3.12. The Morgan fingerprint density at radius 1 is 1.10 bits per heavy atom. The van der Waals surface area contributed by atoms with Crippen molar-refractivity contribution in [2.75, 3.05) is 5.43 Å². The van der Waals surface area contributed by atoms with E-state index in [2.05, 4.69) is 58.3 Å².